The first-order valence-corrected chi connectivity index (χ1v) is 6.67. The smallest absolute Gasteiger partial charge is 0.326 e. The Balaban J connectivity index is 2.62. The molecular weight excluding hydrogens is 289 g/mol. The Bertz CT molecular complexity index is 776. The number of aliphatic carboxylic acids is 1. The molecule has 0 aliphatic rings. The Labute approximate surface area is 126 Å². The predicted molar refractivity (Wildman–Crippen MR) is 78.2 cm³/mol. The molecule has 0 fully saturated rings. The number of likely N-dealkylation sites (N-methyl/N-ethyl adjacent to an activating group) is 1. The third kappa shape index (κ3) is 2.74. The summed E-state index contributed by atoms with van der Waals surface area (Å²) in [6, 6.07) is 1.22. The molecule has 1 aromatic heterocycles. The van der Waals surface area contributed by atoms with Crippen molar-refractivity contribution in [1.82, 2.24) is 14.9 Å². The van der Waals surface area contributed by atoms with Crippen LogP contribution in [0.4, 0.5) is 4.39 Å². The topological polar surface area (TPSA) is 83.4 Å². The maximum absolute atomic E-state index is 13.8. The normalized spacial score (nSPS) is 12.2. The third-order valence-corrected chi connectivity index (χ3v) is 3.63. The number of benzene rings is 1. The van der Waals surface area contributed by atoms with E-state index in [2.05, 4.69) is 9.97 Å². The highest BCUT2D eigenvalue weighted by atomic mass is 19.1. The number of amides is 1. The first kappa shape index (κ1) is 15.8. The number of aromatic nitrogens is 2. The number of carboxylic acid groups (broad SMARTS) is 1. The molecular formula is C15H16FN3O3. The lowest BCUT2D eigenvalue weighted by molar-refractivity contribution is -0.141. The molecule has 0 bridgehead atoms. The van der Waals surface area contributed by atoms with Crippen molar-refractivity contribution in [3.05, 3.63) is 34.9 Å². The summed E-state index contributed by atoms with van der Waals surface area (Å²) in [5.74, 6) is -2.38. The Kier molecular flexibility index (Phi) is 4.07. The van der Waals surface area contributed by atoms with Gasteiger partial charge in [0.2, 0.25) is 0 Å². The molecule has 1 aromatic carbocycles. The molecule has 1 heterocycles. The first-order valence-electron chi connectivity index (χ1n) is 6.67. The SMILES string of the molecule is Cc1nc2cc(F)cc(C(=O)N(C)[C@@H](C)C(=O)O)c2nc1C. The summed E-state index contributed by atoms with van der Waals surface area (Å²) in [5.41, 5.74) is 1.80. The van der Waals surface area contributed by atoms with Crippen LogP contribution in [0.15, 0.2) is 12.1 Å². The lowest BCUT2D eigenvalue weighted by Crippen LogP contribution is -2.40. The van der Waals surface area contributed by atoms with Crippen molar-refractivity contribution in [2.45, 2.75) is 26.8 Å². The van der Waals surface area contributed by atoms with Crippen LogP contribution in [0.2, 0.25) is 0 Å². The molecule has 0 unspecified atom stereocenters. The molecule has 7 heteroatoms. The highest BCUT2D eigenvalue weighted by Crippen LogP contribution is 2.21. The molecule has 1 N–H and O–H groups in total. The second-order valence-electron chi connectivity index (χ2n) is 5.15. The molecule has 22 heavy (non-hydrogen) atoms. The Hall–Kier alpha value is -2.57. The minimum atomic E-state index is -1.14. The highest BCUT2D eigenvalue weighted by Gasteiger charge is 2.25. The van der Waals surface area contributed by atoms with Crippen LogP contribution in [0, 0.1) is 19.7 Å². The fourth-order valence-electron chi connectivity index (χ4n) is 1.99. The summed E-state index contributed by atoms with van der Waals surface area (Å²) in [5, 5.41) is 9.00. The van der Waals surface area contributed by atoms with Crippen LogP contribution in [0.5, 0.6) is 0 Å². The van der Waals surface area contributed by atoms with Gasteiger partial charge in [-0.1, -0.05) is 0 Å². The number of fused-ring (bicyclic) bond motifs is 1. The number of carbonyl (C=O) groups is 2. The van der Waals surface area contributed by atoms with Gasteiger partial charge in [0.25, 0.3) is 5.91 Å². The van der Waals surface area contributed by atoms with Gasteiger partial charge < -0.3 is 10.0 Å². The van der Waals surface area contributed by atoms with Gasteiger partial charge >= 0.3 is 5.97 Å². The number of hydrogen-bond donors (Lipinski definition) is 1. The van der Waals surface area contributed by atoms with Crippen molar-refractivity contribution < 1.29 is 19.1 Å². The number of aryl methyl sites for hydroxylation is 2. The van der Waals surface area contributed by atoms with Crippen molar-refractivity contribution in [3.63, 3.8) is 0 Å². The molecule has 0 saturated heterocycles. The summed E-state index contributed by atoms with van der Waals surface area (Å²) < 4.78 is 13.8. The Morgan fingerprint density at radius 2 is 1.82 bits per heavy atom. The molecule has 0 aliphatic heterocycles. The lowest BCUT2D eigenvalue weighted by Gasteiger charge is -2.22. The van der Waals surface area contributed by atoms with Crippen LogP contribution < -0.4 is 0 Å². The summed E-state index contributed by atoms with van der Waals surface area (Å²) in [7, 11) is 1.35. The van der Waals surface area contributed by atoms with Crippen molar-refractivity contribution >= 4 is 22.9 Å². The van der Waals surface area contributed by atoms with Gasteiger partial charge in [0.1, 0.15) is 17.4 Å². The molecule has 1 amide bonds. The van der Waals surface area contributed by atoms with E-state index in [0.29, 0.717) is 11.4 Å². The maximum atomic E-state index is 13.8. The highest BCUT2D eigenvalue weighted by molar-refractivity contribution is 6.05. The summed E-state index contributed by atoms with van der Waals surface area (Å²) >= 11 is 0. The van der Waals surface area contributed by atoms with Crippen LogP contribution >= 0.6 is 0 Å². The molecule has 0 aliphatic carbocycles. The monoisotopic (exact) mass is 305 g/mol. The number of halogens is 1. The molecule has 0 radical (unpaired) electrons. The van der Waals surface area contributed by atoms with Crippen molar-refractivity contribution in [2.24, 2.45) is 0 Å². The molecule has 6 nitrogen and oxygen atoms in total. The van der Waals surface area contributed by atoms with Crippen molar-refractivity contribution in [1.29, 1.82) is 0 Å². The number of carbonyl (C=O) groups excluding carboxylic acids is 1. The third-order valence-electron chi connectivity index (χ3n) is 3.63. The summed E-state index contributed by atoms with van der Waals surface area (Å²) in [6.45, 7) is 4.86. The first-order chi connectivity index (χ1) is 10.2. The van der Waals surface area contributed by atoms with Gasteiger partial charge in [0.15, 0.2) is 0 Å². The van der Waals surface area contributed by atoms with Crippen molar-refractivity contribution in [2.75, 3.05) is 7.05 Å². The van der Waals surface area contributed by atoms with E-state index in [1.54, 1.807) is 13.8 Å². The predicted octanol–water partition coefficient (Wildman–Crippen LogP) is 1.93. The largest absolute Gasteiger partial charge is 0.480 e. The lowest BCUT2D eigenvalue weighted by atomic mass is 10.1. The van der Waals surface area contributed by atoms with Crippen molar-refractivity contribution in [3.8, 4) is 0 Å². The summed E-state index contributed by atoms with van der Waals surface area (Å²) in [4.78, 5) is 33.1. The molecule has 2 aromatic rings. The average Bonchev–Trinajstić information content (AvgIpc) is 2.45. The van der Waals surface area contributed by atoms with E-state index in [0.717, 1.165) is 11.0 Å². The molecule has 1 atom stereocenters. The van der Waals surface area contributed by atoms with E-state index >= 15 is 0 Å². The number of carboxylic acids is 1. The van der Waals surface area contributed by atoms with Gasteiger partial charge in [-0.25, -0.2) is 19.2 Å². The minimum Gasteiger partial charge on any atom is -0.480 e. The van der Waals surface area contributed by atoms with Crippen LogP contribution in [0.25, 0.3) is 11.0 Å². The van der Waals surface area contributed by atoms with Crippen LogP contribution in [0.1, 0.15) is 28.7 Å². The zero-order chi connectivity index (χ0) is 16.6. The zero-order valence-electron chi connectivity index (χ0n) is 12.7. The number of rotatable bonds is 3. The second-order valence-corrected chi connectivity index (χ2v) is 5.15. The zero-order valence-corrected chi connectivity index (χ0v) is 12.7. The van der Waals surface area contributed by atoms with Crippen LogP contribution in [-0.4, -0.2) is 44.9 Å². The summed E-state index contributed by atoms with van der Waals surface area (Å²) in [6.07, 6.45) is 0. The Morgan fingerprint density at radius 1 is 1.23 bits per heavy atom. The molecule has 0 saturated carbocycles. The van der Waals surface area contributed by atoms with E-state index in [1.807, 2.05) is 0 Å². The molecule has 116 valence electrons. The van der Waals surface area contributed by atoms with E-state index in [4.69, 9.17) is 5.11 Å². The fraction of sp³-hybridized carbons (Fsp3) is 0.333. The standard InChI is InChI=1S/C15H16FN3O3/c1-7-8(2)18-13-11(5-10(16)6-12(13)17-7)14(20)19(4)9(3)15(21)22/h5-6,9H,1-4H3,(H,21,22)/t9-/m0/s1. The quantitative estimate of drug-likeness (QED) is 0.936. The number of nitrogens with zero attached hydrogens (tertiary/aromatic N) is 3. The van der Waals surface area contributed by atoms with E-state index in [1.165, 1.54) is 20.0 Å². The van der Waals surface area contributed by atoms with Gasteiger partial charge in [0.05, 0.1) is 22.5 Å². The second kappa shape index (κ2) is 5.67. The van der Waals surface area contributed by atoms with Gasteiger partial charge in [-0.2, -0.15) is 0 Å². The van der Waals surface area contributed by atoms with Gasteiger partial charge in [-0.05, 0) is 26.8 Å². The van der Waals surface area contributed by atoms with E-state index in [9.17, 15) is 14.0 Å². The average molecular weight is 305 g/mol. The van der Waals surface area contributed by atoms with Crippen LogP contribution in [-0.2, 0) is 4.79 Å². The van der Waals surface area contributed by atoms with E-state index in [-0.39, 0.29) is 16.6 Å². The maximum Gasteiger partial charge on any atom is 0.326 e. The van der Waals surface area contributed by atoms with Gasteiger partial charge in [-0.3, -0.25) is 4.79 Å². The Morgan fingerprint density at radius 3 is 2.41 bits per heavy atom. The molecule has 0 spiro atoms. The van der Waals surface area contributed by atoms with Crippen LogP contribution in [0.3, 0.4) is 0 Å². The van der Waals surface area contributed by atoms with Gasteiger partial charge in [-0.15, -0.1) is 0 Å². The minimum absolute atomic E-state index is 0.00111. The fourth-order valence-corrected chi connectivity index (χ4v) is 1.99. The van der Waals surface area contributed by atoms with Gasteiger partial charge in [0, 0.05) is 13.1 Å². The molecule has 2 rings (SSSR count). The van der Waals surface area contributed by atoms with E-state index < -0.39 is 23.7 Å². The number of hydrogen-bond acceptors (Lipinski definition) is 4.